The van der Waals surface area contributed by atoms with Crippen molar-refractivity contribution in [2.45, 2.75) is 18.4 Å². The Kier molecular flexibility index (Phi) is 4.73. The number of carbonyl (C=O) groups excluding carboxylic acids is 1. The number of methoxy groups -OCH3 is 2. The van der Waals surface area contributed by atoms with Crippen LogP contribution in [0, 0.1) is 5.92 Å². The van der Waals surface area contributed by atoms with Gasteiger partial charge in [-0.25, -0.2) is 0 Å². The predicted octanol–water partition coefficient (Wildman–Crippen LogP) is 2.92. The number of ketones is 1. The van der Waals surface area contributed by atoms with Crippen LogP contribution in [0.3, 0.4) is 0 Å². The quantitative estimate of drug-likeness (QED) is 0.813. The fourth-order valence-corrected chi connectivity index (χ4v) is 3.53. The summed E-state index contributed by atoms with van der Waals surface area (Å²) in [6.07, 6.45) is 4.51. The van der Waals surface area contributed by atoms with Crippen LogP contribution in [0.1, 0.15) is 18.4 Å². The molecule has 1 aromatic rings. The molecule has 3 rings (SSSR count). The molecule has 5 nitrogen and oxygen atoms in total. The summed E-state index contributed by atoms with van der Waals surface area (Å²) in [7, 11) is 3.22. The molecular weight excluding hydrogens is 308 g/mol. The van der Waals surface area contributed by atoms with Crippen molar-refractivity contribution >= 4 is 11.4 Å². The summed E-state index contributed by atoms with van der Waals surface area (Å²) in [5.41, 5.74) is 0.731. The van der Waals surface area contributed by atoms with Gasteiger partial charge in [-0.15, -0.1) is 0 Å². The topological polar surface area (TPSA) is 65.0 Å². The highest BCUT2D eigenvalue weighted by molar-refractivity contribution is 5.99. The van der Waals surface area contributed by atoms with Gasteiger partial charge in [0, 0.05) is 19.1 Å². The van der Waals surface area contributed by atoms with Gasteiger partial charge in [0.05, 0.1) is 26.2 Å². The monoisotopic (exact) mass is 330 g/mol. The molecular formula is C19H22O5. The van der Waals surface area contributed by atoms with Gasteiger partial charge in [0.2, 0.25) is 0 Å². The molecule has 128 valence electrons. The maximum Gasteiger partial charge on any atom is 0.143 e. The van der Waals surface area contributed by atoms with Crippen LogP contribution in [0.4, 0.5) is 0 Å². The number of rotatable bonds is 6. The van der Waals surface area contributed by atoms with Gasteiger partial charge in [-0.3, -0.25) is 4.79 Å². The van der Waals surface area contributed by atoms with E-state index < -0.39 is 11.5 Å². The summed E-state index contributed by atoms with van der Waals surface area (Å²) in [6, 6.07) is 7.35. The van der Waals surface area contributed by atoms with Crippen molar-refractivity contribution in [1.82, 2.24) is 0 Å². The molecule has 0 heterocycles. The van der Waals surface area contributed by atoms with Gasteiger partial charge < -0.3 is 19.3 Å². The highest BCUT2D eigenvalue weighted by atomic mass is 16.5. The van der Waals surface area contributed by atoms with Gasteiger partial charge in [-0.2, -0.15) is 0 Å². The van der Waals surface area contributed by atoms with Gasteiger partial charge in [0.15, 0.2) is 0 Å². The van der Waals surface area contributed by atoms with Crippen molar-refractivity contribution < 1.29 is 24.1 Å². The minimum Gasteiger partial charge on any atom is -0.508 e. The Morgan fingerprint density at radius 3 is 2.62 bits per heavy atom. The van der Waals surface area contributed by atoms with E-state index in [1.807, 2.05) is 30.3 Å². The molecule has 2 aliphatic rings. The van der Waals surface area contributed by atoms with Crippen molar-refractivity contribution in [3.05, 3.63) is 47.7 Å². The third kappa shape index (κ3) is 2.85. The lowest BCUT2D eigenvalue weighted by atomic mass is 9.77. The number of Topliss-reactive ketones (excluding diaryl/α,β-unsaturated/α-hetero) is 1. The van der Waals surface area contributed by atoms with Crippen molar-refractivity contribution in [1.29, 1.82) is 0 Å². The van der Waals surface area contributed by atoms with Gasteiger partial charge in [0.1, 0.15) is 22.9 Å². The molecule has 1 saturated carbocycles. The van der Waals surface area contributed by atoms with Crippen molar-refractivity contribution in [2.24, 2.45) is 5.92 Å². The molecule has 5 heteroatoms. The van der Waals surface area contributed by atoms with Crippen LogP contribution in [0.25, 0.3) is 5.57 Å². The summed E-state index contributed by atoms with van der Waals surface area (Å²) >= 11 is 0. The van der Waals surface area contributed by atoms with E-state index in [0.717, 1.165) is 11.3 Å². The number of hydrogen-bond donors (Lipinski definition) is 1. The maximum absolute atomic E-state index is 12.6. The smallest absolute Gasteiger partial charge is 0.143 e. The van der Waals surface area contributed by atoms with Crippen molar-refractivity contribution in [3.8, 4) is 5.75 Å². The highest BCUT2D eigenvalue weighted by Crippen LogP contribution is 2.48. The zero-order valence-corrected chi connectivity index (χ0v) is 14.0. The Balaban J connectivity index is 1.97. The van der Waals surface area contributed by atoms with Crippen LogP contribution in [0.2, 0.25) is 0 Å². The van der Waals surface area contributed by atoms with E-state index in [0.29, 0.717) is 31.6 Å². The summed E-state index contributed by atoms with van der Waals surface area (Å²) in [5.74, 6) is 0.443. The fourth-order valence-electron chi connectivity index (χ4n) is 3.53. The zero-order valence-electron chi connectivity index (χ0n) is 14.0. The summed E-state index contributed by atoms with van der Waals surface area (Å²) in [4.78, 5) is 12.6. The minimum atomic E-state index is -0.697. The van der Waals surface area contributed by atoms with Crippen LogP contribution in [-0.4, -0.2) is 43.9 Å². The lowest BCUT2D eigenvalue weighted by Gasteiger charge is -2.36. The molecule has 0 radical (unpaired) electrons. The standard InChI is InChI=1S/C19H22O5/c1-22-11-12-24-19-9-7-15(20)17(18(19)16(21)8-10-19)13-3-5-14(23-2)6-4-13/h3-7,9,18,20H,8,10-12H2,1-2H3. The molecule has 2 unspecified atom stereocenters. The van der Waals surface area contributed by atoms with E-state index in [1.54, 1.807) is 20.3 Å². The summed E-state index contributed by atoms with van der Waals surface area (Å²) < 4.78 is 16.3. The fraction of sp³-hybridized carbons (Fsp3) is 0.421. The van der Waals surface area contributed by atoms with Crippen LogP contribution < -0.4 is 4.74 Å². The molecule has 2 aliphatic carbocycles. The van der Waals surface area contributed by atoms with Gasteiger partial charge in [0.25, 0.3) is 0 Å². The second-order valence-electron chi connectivity index (χ2n) is 6.06. The number of hydrogen-bond acceptors (Lipinski definition) is 5. The molecule has 0 aromatic heterocycles. The number of fused-ring (bicyclic) bond motifs is 1. The van der Waals surface area contributed by atoms with E-state index in [-0.39, 0.29) is 11.5 Å². The van der Waals surface area contributed by atoms with Gasteiger partial charge in [-0.1, -0.05) is 12.1 Å². The van der Waals surface area contributed by atoms with Crippen LogP contribution >= 0.6 is 0 Å². The average Bonchev–Trinajstić information content (AvgIpc) is 2.93. The number of benzene rings is 1. The largest absolute Gasteiger partial charge is 0.508 e. The first-order valence-corrected chi connectivity index (χ1v) is 8.04. The number of allylic oxidation sites excluding steroid dienone is 1. The van der Waals surface area contributed by atoms with Crippen molar-refractivity contribution in [2.75, 3.05) is 27.4 Å². The highest BCUT2D eigenvalue weighted by Gasteiger charge is 2.51. The first-order chi connectivity index (χ1) is 11.6. The third-order valence-electron chi connectivity index (χ3n) is 4.72. The van der Waals surface area contributed by atoms with E-state index in [9.17, 15) is 9.90 Å². The van der Waals surface area contributed by atoms with E-state index in [2.05, 4.69) is 0 Å². The molecule has 0 spiro atoms. The molecule has 1 N–H and O–H groups in total. The van der Waals surface area contributed by atoms with Gasteiger partial charge in [-0.05, 0) is 36.3 Å². The maximum atomic E-state index is 12.6. The molecule has 0 amide bonds. The average molecular weight is 330 g/mol. The summed E-state index contributed by atoms with van der Waals surface area (Å²) in [6.45, 7) is 0.866. The molecule has 1 fully saturated rings. The molecule has 24 heavy (non-hydrogen) atoms. The van der Waals surface area contributed by atoms with Gasteiger partial charge >= 0.3 is 0 Å². The van der Waals surface area contributed by atoms with Crippen LogP contribution in [-0.2, 0) is 14.3 Å². The lowest BCUT2D eigenvalue weighted by molar-refractivity contribution is -0.123. The van der Waals surface area contributed by atoms with E-state index in [4.69, 9.17) is 14.2 Å². The first-order valence-electron chi connectivity index (χ1n) is 8.04. The second-order valence-corrected chi connectivity index (χ2v) is 6.06. The second kappa shape index (κ2) is 6.79. The first kappa shape index (κ1) is 16.7. The normalized spacial score (nSPS) is 25.9. The molecule has 0 bridgehead atoms. The third-order valence-corrected chi connectivity index (χ3v) is 4.72. The van der Waals surface area contributed by atoms with Crippen LogP contribution in [0.15, 0.2) is 42.2 Å². The number of aliphatic hydroxyl groups is 1. The zero-order chi connectivity index (χ0) is 17.2. The van der Waals surface area contributed by atoms with Crippen molar-refractivity contribution in [3.63, 3.8) is 0 Å². The Labute approximate surface area is 141 Å². The van der Waals surface area contributed by atoms with Crippen LogP contribution in [0.5, 0.6) is 5.75 Å². The Bertz CT molecular complexity index is 674. The molecule has 2 atom stereocenters. The Morgan fingerprint density at radius 2 is 1.96 bits per heavy atom. The van der Waals surface area contributed by atoms with E-state index in [1.165, 1.54) is 0 Å². The number of ether oxygens (including phenoxy) is 3. The Morgan fingerprint density at radius 1 is 1.21 bits per heavy atom. The molecule has 1 aromatic carbocycles. The molecule has 0 saturated heterocycles. The number of carbonyl (C=O) groups is 1. The number of aliphatic hydroxyl groups excluding tert-OH is 1. The SMILES string of the molecule is COCCOC12C=CC(O)=C(c3ccc(OC)cc3)C1C(=O)CC2. The lowest BCUT2D eigenvalue weighted by Crippen LogP contribution is -2.40. The predicted molar refractivity (Wildman–Crippen MR) is 90.0 cm³/mol. The minimum absolute atomic E-state index is 0.0918. The Hall–Kier alpha value is -2.11. The van der Waals surface area contributed by atoms with E-state index >= 15 is 0 Å². The summed E-state index contributed by atoms with van der Waals surface area (Å²) in [5, 5.41) is 10.4. The molecule has 0 aliphatic heterocycles.